The number of carbonyl (C=O) groups excluding carboxylic acids is 2. The Morgan fingerprint density at radius 1 is 1.08 bits per heavy atom. The summed E-state index contributed by atoms with van der Waals surface area (Å²) in [5.74, 6) is -0.879. The highest BCUT2D eigenvalue weighted by molar-refractivity contribution is 5.84. The second-order valence-corrected chi connectivity index (χ2v) is 5.61. The Bertz CT molecular complexity index is 730. The van der Waals surface area contributed by atoms with E-state index in [0.29, 0.717) is 0 Å². The van der Waals surface area contributed by atoms with Gasteiger partial charge in [0.05, 0.1) is 6.61 Å². The molecule has 4 N–H and O–H groups in total. The molecule has 1 unspecified atom stereocenters. The van der Waals surface area contributed by atoms with Gasteiger partial charge in [-0.1, -0.05) is 48.5 Å². The number of amides is 2. The van der Waals surface area contributed by atoms with Crippen molar-refractivity contribution in [3.05, 3.63) is 59.7 Å². The van der Waals surface area contributed by atoms with Gasteiger partial charge in [0.1, 0.15) is 12.6 Å². The van der Waals surface area contributed by atoms with E-state index in [1.54, 1.807) is 0 Å². The minimum atomic E-state index is -1.15. The lowest BCUT2D eigenvalue weighted by Gasteiger charge is -2.16. The minimum Gasteiger partial charge on any atom is -0.449 e. The van der Waals surface area contributed by atoms with E-state index in [4.69, 9.17) is 15.6 Å². The molecule has 2 amide bonds. The summed E-state index contributed by atoms with van der Waals surface area (Å²) in [6.45, 7) is -0.434. The number of benzene rings is 2. The summed E-state index contributed by atoms with van der Waals surface area (Å²) < 4.78 is 5.25. The number of ether oxygens (including phenoxy) is 1. The Morgan fingerprint density at radius 3 is 2.12 bits per heavy atom. The monoisotopic (exact) mass is 326 g/mol. The maximum atomic E-state index is 11.8. The summed E-state index contributed by atoms with van der Waals surface area (Å²) in [6, 6.07) is 14.8. The van der Waals surface area contributed by atoms with Gasteiger partial charge in [-0.15, -0.1) is 0 Å². The van der Waals surface area contributed by atoms with Crippen molar-refractivity contribution < 1.29 is 19.4 Å². The Balaban J connectivity index is 1.74. The third-order valence-electron chi connectivity index (χ3n) is 4.16. The molecule has 2 aromatic rings. The van der Waals surface area contributed by atoms with E-state index in [1.165, 1.54) is 0 Å². The van der Waals surface area contributed by atoms with Crippen LogP contribution in [0.4, 0.5) is 4.79 Å². The third kappa shape index (κ3) is 2.96. The van der Waals surface area contributed by atoms with Crippen LogP contribution in [-0.2, 0) is 9.53 Å². The summed E-state index contributed by atoms with van der Waals surface area (Å²) in [5.41, 5.74) is 9.53. The van der Waals surface area contributed by atoms with Crippen LogP contribution in [0.2, 0.25) is 0 Å². The molecule has 6 nitrogen and oxygen atoms in total. The first-order valence-corrected chi connectivity index (χ1v) is 7.63. The molecule has 124 valence electrons. The Kier molecular flexibility index (Phi) is 4.48. The number of fused-ring (bicyclic) bond motifs is 3. The Morgan fingerprint density at radius 2 is 1.62 bits per heavy atom. The summed E-state index contributed by atoms with van der Waals surface area (Å²) in [6.07, 6.45) is -0.783. The van der Waals surface area contributed by atoms with Crippen molar-refractivity contribution in [1.29, 1.82) is 0 Å². The van der Waals surface area contributed by atoms with Gasteiger partial charge >= 0.3 is 6.09 Å². The van der Waals surface area contributed by atoms with Gasteiger partial charge in [0.2, 0.25) is 5.91 Å². The van der Waals surface area contributed by atoms with Crippen molar-refractivity contribution >= 4 is 12.0 Å². The Hall–Kier alpha value is -2.86. The molecule has 24 heavy (non-hydrogen) atoms. The predicted octanol–water partition coefficient (Wildman–Crippen LogP) is 1.37. The van der Waals surface area contributed by atoms with Gasteiger partial charge in [0.25, 0.3) is 0 Å². The molecular weight excluding hydrogens is 308 g/mol. The van der Waals surface area contributed by atoms with Crippen LogP contribution in [0.1, 0.15) is 17.0 Å². The maximum Gasteiger partial charge on any atom is 0.407 e. The van der Waals surface area contributed by atoms with Crippen molar-refractivity contribution in [3.63, 3.8) is 0 Å². The first-order valence-electron chi connectivity index (χ1n) is 7.63. The molecule has 0 saturated heterocycles. The molecule has 0 aliphatic heterocycles. The zero-order valence-corrected chi connectivity index (χ0v) is 12.9. The fourth-order valence-corrected chi connectivity index (χ4v) is 2.99. The number of nitrogens with two attached hydrogens (primary N) is 1. The first-order chi connectivity index (χ1) is 11.6. The fourth-order valence-electron chi connectivity index (χ4n) is 2.99. The van der Waals surface area contributed by atoms with Gasteiger partial charge in [-0.2, -0.15) is 0 Å². The van der Waals surface area contributed by atoms with E-state index in [-0.39, 0.29) is 12.5 Å². The molecule has 0 spiro atoms. The van der Waals surface area contributed by atoms with Gasteiger partial charge in [-0.05, 0) is 22.3 Å². The quantitative estimate of drug-likeness (QED) is 0.772. The number of nitrogens with one attached hydrogen (secondary N) is 1. The molecule has 0 bridgehead atoms. The fraction of sp³-hybridized carbons (Fsp3) is 0.222. The van der Waals surface area contributed by atoms with Gasteiger partial charge in [0, 0.05) is 5.92 Å². The van der Waals surface area contributed by atoms with Crippen molar-refractivity contribution in [2.75, 3.05) is 13.2 Å². The summed E-state index contributed by atoms with van der Waals surface area (Å²) in [4.78, 5) is 22.9. The lowest BCUT2D eigenvalue weighted by molar-refractivity contribution is -0.120. The summed E-state index contributed by atoms with van der Waals surface area (Å²) in [5, 5.41) is 11.3. The number of aliphatic hydroxyl groups excluding tert-OH is 1. The molecule has 1 aliphatic carbocycles. The number of hydrogen-bond acceptors (Lipinski definition) is 4. The lowest BCUT2D eigenvalue weighted by atomic mass is 9.98. The number of aliphatic hydroxyl groups is 1. The number of rotatable bonds is 5. The maximum absolute atomic E-state index is 11.8. The first kappa shape index (κ1) is 16.0. The molecule has 6 heteroatoms. The average molecular weight is 326 g/mol. The van der Waals surface area contributed by atoms with Crippen molar-refractivity contribution in [1.82, 2.24) is 5.32 Å². The Labute approximate surface area is 139 Å². The number of alkyl carbamates (subject to hydrolysis) is 1. The third-order valence-corrected chi connectivity index (χ3v) is 4.16. The zero-order chi connectivity index (χ0) is 17.1. The number of carbonyl (C=O) groups is 2. The summed E-state index contributed by atoms with van der Waals surface area (Å²) in [7, 11) is 0. The van der Waals surface area contributed by atoms with Crippen LogP contribution in [0.15, 0.2) is 48.5 Å². The van der Waals surface area contributed by atoms with Crippen LogP contribution < -0.4 is 11.1 Å². The van der Waals surface area contributed by atoms with E-state index in [1.807, 2.05) is 48.5 Å². The predicted molar refractivity (Wildman–Crippen MR) is 88.3 cm³/mol. The van der Waals surface area contributed by atoms with Crippen LogP contribution in [0.5, 0.6) is 0 Å². The van der Waals surface area contributed by atoms with Gasteiger partial charge in [0.15, 0.2) is 0 Å². The van der Waals surface area contributed by atoms with Crippen LogP contribution in [0.3, 0.4) is 0 Å². The molecule has 0 saturated carbocycles. The van der Waals surface area contributed by atoms with Gasteiger partial charge < -0.3 is 20.9 Å². The average Bonchev–Trinajstić information content (AvgIpc) is 2.91. The summed E-state index contributed by atoms with van der Waals surface area (Å²) >= 11 is 0. The normalized spacial score (nSPS) is 13.7. The number of primary amides is 1. The molecule has 0 aromatic heterocycles. The molecule has 0 heterocycles. The smallest absolute Gasteiger partial charge is 0.407 e. The highest BCUT2D eigenvalue weighted by Gasteiger charge is 2.29. The van der Waals surface area contributed by atoms with Gasteiger partial charge in [-0.25, -0.2) is 4.79 Å². The van der Waals surface area contributed by atoms with E-state index in [9.17, 15) is 9.59 Å². The highest BCUT2D eigenvalue weighted by atomic mass is 16.5. The van der Waals surface area contributed by atoms with Crippen molar-refractivity contribution in [3.8, 4) is 11.1 Å². The topological polar surface area (TPSA) is 102 Å². The zero-order valence-electron chi connectivity index (χ0n) is 12.9. The molecule has 3 rings (SSSR count). The molecule has 0 fully saturated rings. The standard InChI is InChI=1S/C18H18N2O4/c19-17(22)16(9-21)20-18(23)24-10-15-13-7-3-1-5-11(13)12-6-2-4-8-14(12)15/h1-8,15-16,21H,9-10H2,(H2,19,22)(H,20,23). The molecule has 0 radical (unpaired) electrons. The lowest BCUT2D eigenvalue weighted by Crippen LogP contribution is -2.47. The molecular formula is C18H18N2O4. The van der Waals surface area contributed by atoms with E-state index in [0.717, 1.165) is 22.3 Å². The van der Waals surface area contributed by atoms with Crippen molar-refractivity contribution in [2.24, 2.45) is 5.73 Å². The van der Waals surface area contributed by atoms with Crippen LogP contribution in [-0.4, -0.2) is 36.4 Å². The molecule has 1 aliphatic rings. The highest BCUT2D eigenvalue weighted by Crippen LogP contribution is 2.44. The van der Waals surface area contributed by atoms with Gasteiger partial charge in [-0.3, -0.25) is 4.79 Å². The second-order valence-electron chi connectivity index (χ2n) is 5.61. The largest absolute Gasteiger partial charge is 0.449 e. The van der Waals surface area contributed by atoms with E-state index < -0.39 is 24.6 Å². The molecule has 1 atom stereocenters. The van der Waals surface area contributed by atoms with Crippen molar-refractivity contribution in [2.45, 2.75) is 12.0 Å². The van der Waals surface area contributed by atoms with Crippen LogP contribution in [0.25, 0.3) is 11.1 Å². The SMILES string of the molecule is NC(=O)C(CO)NC(=O)OCC1c2ccccc2-c2ccccc21. The van der Waals surface area contributed by atoms with E-state index >= 15 is 0 Å². The van der Waals surface area contributed by atoms with Crippen LogP contribution in [0, 0.1) is 0 Å². The number of hydrogen-bond donors (Lipinski definition) is 3. The minimum absolute atomic E-state index is 0.0655. The molecule has 2 aromatic carbocycles. The van der Waals surface area contributed by atoms with Crippen LogP contribution >= 0.6 is 0 Å². The second kappa shape index (κ2) is 6.72. The van der Waals surface area contributed by atoms with E-state index in [2.05, 4.69) is 5.32 Å².